The van der Waals surface area contributed by atoms with Gasteiger partial charge in [0.25, 0.3) is 0 Å². The zero-order chi connectivity index (χ0) is 14.7. The van der Waals surface area contributed by atoms with Gasteiger partial charge in [0, 0.05) is 0 Å². The molecule has 1 saturated carbocycles. The summed E-state index contributed by atoms with van der Waals surface area (Å²) in [4.78, 5) is 12.0. The van der Waals surface area contributed by atoms with Gasteiger partial charge in [-0.1, -0.05) is 38.1 Å². The van der Waals surface area contributed by atoms with Crippen LogP contribution in [0.25, 0.3) is 0 Å². The fraction of sp³-hybridized carbons (Fsp3) is 0.588. The van der Waals surface area contributed by atoms with E-state index >= 15 is 0 Å². The second-order valence-electron chi connectivity index (χ2n) is 5.91. The molecule has 2 atom stereocenters. The largest absolute Gasteiger partial charge is 0.466 e. The van der Waals surface area contributed by atoms with Gasteiger partial charge in [-0.25, -0.2) is 0 Å². The molecule has 1 aliphatic rings. The van der Waals surface area contributed by atoms with E-state index in [0.717, 1.165) is 5.56 Å². The van der Waals surface area contributed by atoms with Gasteiger partial charge in [0.15, 0.2) is 0 Å². The molecule has 0 amide bonds. The third-order valence-electron chi connectivity index (χ3n) is 3.92. The molecule has 0 radical (unpaired) electrons. The van der Waals surface area contributed by atoms with Crippen molar-refractivity contribution >= 4 is 5.97 Å². The lowest BCUT2D eigenvalue weighted by Gasteiger charge is -2.25. The Morgan fingerprint density at radius 2 is 2.10 bits per heavy atom. The Morgan fingerprint density at radius 3 is 2.65 bits per heavy atom. The van der Waals surface area contributed by atoms with E-state index in [1.54, 1.807) is 6.92 Å². The van der Waals surface area contributed by atoms with Crippen LogP contribution < -0.4 is 0 Å². The van der Waals surface area contributed by atoms with Crippen LogP contribution in [0.1, 0.15) is 56.8 Å². The molecule has 1 aliphatic carbocycles. The van der Waals surface area contributed by atoms with Crippen LogP contribution in [-0.4, -0.2) is 17.7 Å². The van der Waals surface area contributed by atoms with Gasteiger partial charge in [-0.2, -0.15) is 0 Å². The van der Waals surface area contributed by atoms with Gasteiger partial charge in [-0.3, -0.25) is 4.79 Å². The Morgan fingerprint density at radius 1 is 1.40 bits per heavy atom. The van der Waals surface area contributed by atoms with E-state index < -0.39 is 12.0 Å². The summed E-state index contributed by atoms with van der Waals surface area (Å²) in [5.74, 6) is -0.146. The minimum atomic E-state index is -0.798. The summed E-state index contributed by atoms with van der Waals surface area (Å²) in [6.45, 7) is 6.01. The lowest BCUT2D eigenvalue weighted by atomic mass is 9.86. The van der Waals surface area contributed by atoms with E-state index in [2.05, 4.69) is 6.07 Å². The lowest BCUT2D eigenvalue weighted by molar-refractivity contribution is -0.154. The van der Waals surface area contributed by atoms with Crippen LogP contribution in [0.5, 0.6) is 0 Å². The van der Waals surface area contributed by atoms with Gasteiger partial charge in [0.1, 0.15) is 0 Å². The quantitative estimate of drug-likeness (QED) is 0.810. The summed E-state index contributed by atoms with van der Waals surface area (Å²) in [7, 11) is 0. The molecule has 20 heavy (non-hydrogen) atoms. The Kier molecular flexibility index (Phi) is 4.81. The van der Waals surface area contributed by atoms with Crippen molar-refractivity contribution in [2.24, 2.45) is 11.8 Å². The fourth-order valence-electron chi connectivity index (χ4n) is 2.63. The van der Waals surface area contributed by atoms with Crippen LogP contribution in [0.2, 0.25) is 0 Å². The third kappa shape index (κ3) is 3.40. The number of rotatable bonds is 6. The van der Waals surface area contributed by atoms with Crippen molar-refractivity contribution in [3.8, 4) is 0 Å². The number of carbonyl (C=O) groups is 1. The standard InChI is InChI=1S/C17H24O3/c1-4-20-17(19)15(11(2)3)16(18)14-7-5-6-13(10-14)12-8-9-12/h5-7,10-12,15-16,18H,4,8-9H2,1-3H3. The SMILES string of the molecule is CCOC(=O)C(C(C)C)C(O)c1cccc(C2CC2)c1. The summed E-state index contributed by atoms with van der Waals surface area (Å²) in [5, 5.41) is 10.6. The number of ether oxygens (including phenoxy) is 1. The summed E-state index contributed by atoms with van der Waals surface area (Å²) in [6.07, 6.45) is 1.66. The lowest BCUT2D eigenvalue weighted by Crippen LogP contribution is -2.29. The zero-order valence-electron chi connectivity index (χ0n) is 12.5. The molecule has 3 heteroatoms. The van der Waals surface area contributed by atoms with Crippen molar-refractivity contribution in [1.82, 2.24) is 0 Å². The molecule has 2 unspecified atom stereocenters. The summed E-state index contributed by atoms with van der Waals surface area (Å²) in [5.41, 5.74) is 2.09. The number of benzene rings is 1. The van der Waals surface area contributed by atoms with Crippen LogP contribution in [0.15, 0.2) is 24.3 Å². The number of aliphatic hydroxyl groups is 1. The minimum absolute atomic E-state index is 0.0358. The fourth-order valence-corrected chi connectivity index (χ4v) is 2.63. The van der Waals surface area contributed by atoms with Crippen LogP contribution in [0.3, 0.4) is 0 Å². The first kappa shape index (κ1) is 15.0. The highest BCUT2D eigenvalue weighted by Crippen LogP contribution is 2.41. The highest BCUT2D eigenvalue weighted by atomic mass is 16.5. The second kappa shape index (κ2) is 6.40. The van der Waals surface area contributed by atoms with Crippen molar-refractivity contribution < 1.29 is 14.6 Å². The van der Waals surface area contributed by atoms with Crippen molar-refractivity contribution in [3.05, 3.63) is 35.4 Å². The molecule has 1 fully saturated rings. The molecule has 2 rings (SSSR count). The van der Waals surface area contributed by atoms with Gasteiger partial charge in [-0.05, 0) is 42.7 Å². The third-order valence-corrected chi connectivity index (χ3v) is 3.92. The smallest absolute Gasteiger partial charge is 0.312 e. The van der Waals surface area contributed by atoms with Crippen LogP contribution >= 0.6 is 0 Å². The average molecular weight is 276 g/mol. The highest BCUT2D eigenvalue weighted by Gasteiger charge is 2.33. The predicted molar refractivity (Wildman–Crippen MR) is 78.3 cm³/mol. The Labute approximate surface area is 121 Å². The first-order valence-corrected chi connectivity index (χ1v) is 7.49. The summed E-state index contributed by atoms with van der Waals surface area (Å²) >= 11 is 0. The Bertz CT molecular complexity index is 463. The van der Waals surface area contributed by atoms with E-state index in [4.69, 9.17) is 4.74 Å². The molecule has 0 bridgehead atoms. The normalized spacial score (nSPS) is 17.9. The van der Waals surface area contributed by atoms with Crippen LogP contribution in [0.4, 0.5) is 0 Å². The van der Waals surface area contributed by atoms with Crippen LogP contribution in [0, 0.1) is 11.8 Å². The maximum Gasteiger partial charge on any atom is 0.312 e. The molecule has 0 saturated heterocycles. The van der Waals surface area contributed by atoms with Crippen molar-refractivity contribution in [2.45, 2.75) is 45.6 Å². The van der Waals surface area contributed by atoms with E-state index in [1.165, 1.54) is 18.4 Å². The Balaban J connectivity index is 2.19. The molecule has 1 aromatic rings. The molecule has 0 heterocycles. The molecular formula is C17H24O3. The van der Waals surface area contributed by atoms with E-state index in [1.807, 2.05) is 32.0 Å². The maximum absolute atomic E-state index is 12.0. The summed E-state index contributed by atoms with van der Waals surface area (Å²) in [6, 6.07) is 8.00. The first-order chi connectivity index (χ1) is 9.54. The molecule has 0 spiro atoms. The maximum atomic E-state index is 12.0. The number of esters is 1. The van der Waals surface area contributed by atoms with Crippen molar-refractivity contribution in [1.29, 1.82) is 0 Å². The van der Waals surface area contributed by atoms with E-state index in [-0.39, 0.29) is 11.9 Å². The molecule has 0 aliphatic heterocycles. The van der Waals surface area contributed by atoms with Crippen molar-refractivity contribution in [3.63, 3.8) is 0 Å². The highest BCUT2D eigenvalue weighted by molar-refractivity contribution is 5.73. The molecule has 3 nitrogen and oxygen atoms in total. The molecule has 1 N–H and O–H groups in total. The number of carbonyl (C=O) groups excluding carboxylic acids is 1. The number of hydrogen-bond donors (Lipinski definition) is 1. The van der Waals surface area contributed by atoms with Gasteiger partial charge in [-0.15, -0.1) is 0 Å². The molecule has 0 aromatic heterocycles. The van der Waals surface area contributed by atoms with E-state index in [0.29, 0.717) is 12.5 Å². The topological polar surface area (TPSA) is 46.5 Å². The van der Waals surface area contributed by atoms with Crippen LogP contribution in [-0.2, 0) is 9.53 Å². The van der Waals surface area contributed by atoms with Gasteiger partial charge >= 0.3 is 5.97 Å². The second-order valence-corrected chi connectivity index (χ2v) is 5.91. The first-order valence-electron chi connectivity index (χ1n) is 7.49. The summed E-state index contributed by atoms with van der Waals surface area (Å²) < 4.78 is 5.10. The monoisotopic (exact) mass is 276 g/mol. The predicted octanol–water partition coefficient (Wildman–Crippen LogP) is 3.43. The zero-order valence-corrected chi connectivity index (χ0v) is 12.5. The van der Waals surface area contributed by atoms with Gasteiger partial charge < -0.3 is 9.84 Å². The number of aliphatic hydroxyl groups excluding tert-OH is 1. The van der Waals surface area contributed by atoms with E-state index in [9.17, 15) is 9.90 Å². The Hall–Kier alpha value is -1.35. The molecule has 1 aromatic carbocycles. The molecular weight excluding hydrogens is 252 g/mol. The van der Waals surface area contributed by atoms with Gasteiger partial charge in [0.05, 0.1) is 18.6 Å². The minimum Gasteiger partial charge on any atom is -0.466 e. The van der Waals surface area contributed by atoms with Crippen molar-refractivity contribution in [2.75, 3.05) is 6.61 Å². The molecule has 110 valence electrons. The average Bonchev–Trinajstić information content (AvgIpc) is 3.23. The van der Waals surface area contributed by atoms with Gasteiger partial charge in [0.2, 0.25) is 0 Å². The number of hydrogen-bond acceptors (Lipinski definition) is 3.